The summed E-state index contributed by atoms with van der Waals surface area (Å²) < 4.78 is 66.9. The number of hydrogen-bond acceptors (Lipinski definition) is 8. The van der Waals surface area contributed by atoms with E-state index in [-0.39, 0.29) is 24.1 Å². The molecule has 13 heteroatoms. The van der Waals surface area contributed by atoms with Crippen LogP contribution >= 0.6 is 0 Å². The van der Waals surface area contributed by atoms with Crippen LogP contribution in [0.3, 0.4) is 0 Å². The number of halogens is 3. The van der Waals surface area contributed by atoms with Crippen molar-refractivity contribution in [1.29, 1.82) is 0 Å². The van der Waals surface area contributed by atoms with Gasteiger partial charge in [-0.3, -0.25) is 14.5 Å². The predicted octanol–water partition coefficient (Wildman–Crippen LogP) is 5.61. The third-order valence-corrected chi connectivity index (χ3v) is 6.08. The molecular weight excluding hydrogens is 545 g/mol. The van der Waals surface area contributed by atoms with Gasteiger partial charge in [0.2, 0.25) is 0 Å². The van der Waals surface area contributed by atoms with Crippen molar-refractivity contribution >= 4 is 22.5 Å². The highest BCUT2D eigenvalue weighted by Gasteiger charge is 2.30. The molecule has 0 bridgehead atoms. The van der Waals surface area contributed by atoms with Gasteiger partial charge in [0, 0.05) is 23.3 Å². The van der Waals surface area contributed by atoms with Gasteiger partial charge >= 0.3 is 6.18 Å². The summed E-state index contributed by atoms with van der Waals surface area (Å²) in [5.74, 6) is 1.05. The summed E-state index contributed by atoms with van der Waals surface area (Å²) in [6, 6.07) is 11.7. The fourth-order valence-electron chi connectivity index (χ4n) is 3.95. The predicted molar refractivity (Wildman–Crippen MR) is 142 cm³/mol. The first kappa shape index (κ1) is 28.0. The number of alkyl halides is 3. The number of rotatable bonds is 12. The molecule has 0 unspecified atom stereocenters. The van der Waals surface area contributed by atoms with Gasteiger partial charge in [-0.2, -0.15) is 18.3 Å². The number of nitrogens with zero attached hydrogens (tertiary/aromatic N) is 3. The molecule has 1 amide bonds. The molecule has 0 saturated heterocycles. The van der Waals surface area contributed by atoms with Crippen molar-refractivity contribution < 1.29 is 41.7 Å². The van der Waals surface area contributed by atoms with E-state index in [2.05, 4.69) is 15.4 Å². The molecule has 0 aliphatic heterocycles. The Hall–Kier alpha value is -4.52. The van der Waals surface area contributed by atoms with Gasteiger partial charge < -0.3 is 29.0 Å². The summed E-state index contributed by atoms with van der Waals surface area (Å²) >= 11 is 0. The van der Waals surface area contributed by atoms with Gasteiger partial charge in [-0.1, -0.05) is 0 Å². The maximum atomic E-state index is 13.0. The number of methoxy groups -OCH3 is 2. The Kier molecular flexibility index (Phi) is 8.15. The number of amides is 1. The van der Waals surface area contributed by atoms with Gasteiger partial charge in [0.05, 0.1) is 45.2 Å². The van der Waals surface area contributed by atoms with Crippen molar-refractivity contribution in [1.82, 2.24) is 14.8 Å². The van der Waals surface area contributed by atoms with Crippen LogP contribution in [0.4, 0.5) is 18.9 Å². The van der Waals surface area contributed by atoms with E-state index < -0.39 is 18.7 Å². The maximum absolute atomic E-state index is 13.0. The van der Waals surface area contributed by atoms with E-state index in [1.54, 1.807) is 48.7 Å². The van der Waals surface area contributed by atoms with Crippen molar-refractivity contribution in [2.75, 3.05) is 32.8 Å². The van der Waals surface area contributed by atoms with Crippen molar-refractivity contribution in [3.63, 3.8) is 0 Å². The second-order valence-electron chi connectivity index (χ2n) is 9.19. The van der Waals surface area contributed by atoms with E-state index in [1.165, 1.54) is 25.1 Å². The minimum atomic E-state index is -4.57. The number of carbonyl (C=O) groups excluding carboxylic acids is 1. The molecule has 1 saturated carbocycles. The summed E-state index contributed by atoms with van der Waals surface area (Å²) in [4.78, 5) is 17.3. The zero-order valence-corrected chi connectivity index (χ0v) is 22.2. The van der Waals surface area contributed by atoms with Gasteiger partial charge in [0.25, 0.3) is 5.91 Å². The lowest BCUT2D eigenvalue weighted by Gasteiger charge is -2.13. The number of nitrogens with one attached hydrogen (secondary N) is 1. The molecule has 0 spiro atoms. The lowest BCUT2D eigenvalue weighted by molar-refractivity contribution is -0.153. The van der Waals surface area contributed by atoms with Gasteiger partial charge in [0.15, 0.2) is 29.5 Å². The fourth-order valence-corrected chi connectivity index (χ4v) is 3.95. The molecule has 0 atom stereocenters. The summed E-state index contributed by atoms with van der Waals surface area (Å²) in [5.41, 5.74) is 0.751. The first-order chi connectivity index (χ1) is 19.7. The second-order valence-corrected chi connectivity index (χ2v) is 9.19. The Labute approximate surface area is 232 Å². The lowest BCUT2D eigenvalue weighted by atomic mass is 10.2. The first-order valence-corrected chi connectivity index (χ1v) is 12.7. The van der Waals surface area contributed by atoms with E-state index in [9.17, 15) is 18.0 Å². The van der Waals surface area contributed by atoms with E-state index in [0.717, 1.165) is 12.8 Å². The lowest BCUT2D eigenvalue weighted by Crippen LogP contribution is -2.21. The highest BCUT2D eigenvalue weighted by atomic mass is 19.4. The molecule has 1 fully saturated rings. The molecule has 41 heavy (non-hydrogen) atoms. The number of hydrogen-bond donors (Lipinski definition) is 1. The molecule has 4 aromatic rings. The Morgan fingerprint density at radius 1 is 1.02 bits per heavy atom. The maximum Gasteiger partial charge on any atom is 0.422 e. The monoisotopic (exact) mass is 572 g/mol. The summed E-state index contributed by atoms with van der Waals surface area (Å²) in [5, 5.41) is 7.48. The molecule has 216 valence electrons. The van der Waals surface area contributed by atoms with Crippen LogP contribution in [0.15, 0.2) is 54.9 Å². The van der Waals surface area contributed by atoms with E-state index in [0.29, 0.717) is 46.2 Å². The van der Waals surface area contributed by atoms with Crippen LogP contribution in [0.1, 0.15) is 23.3 Å². The van der Waals surface area contributed by atoms with Crippen LogP contribution in [0.5, 0.6) is 28.7 Å². The zero-order valence-electron chi connectivity index (χ0n) is 22.2. The van der Waals surface area contributed by atoms with Gasteiger partial charge in [-0.25, -0.2) is 0 Å². The minimum absolute atomic E-state index is 0.213. The smallest absolute Gasteiger partial charge is 0.422 e. The van der Waals surface area contributed by atoms with E-state index in [1.807, 2.05) is 0 Å². The van der Waals surface area contributed by atoms with Gasteiger partial charge in [-0.05, 0) is 49.2 Å². The number of carbonyl (C=O) groups is 1. The number of benzene rings is 2. The number of fused-ring (bicyclic) bond motifs is 1. The molecule has 0 radical (unpaired) electrons. The highest BCUT2D eigenvalue weighted by Crippen LogP contribution is 2.37. The summed E-state index contributed by atoms with van der Waals surface area (Å²) in [6.45, 7) is -0.965. The Morgan fingerprint density at radius 3 is 2.44 bits per heavy atom. The van der Waals surface area contributed by atoms with Crippen molar-refractivity contribution in [3.8, 4) is 28.7 Å². The first-order valence-electron chi connectivity index (χ1n) is 12.7. The number of pyridine rings is 1. The standard InChI is InChI=1S/C28H27F3N4O6/c1-37-23-13-20-21(14-24(23)38-2)32-10-9-22(20)41-19-5-3-17(4-6-19)33-27(36)26-25(40-16-28(29,30)31)15-35(34-26)11-12-39-18-7-8-18/h3-6,9-10,13-15,18H,7-8,11-12,16H2,1-2H3,(H,33,36). The topological polar surface area (TPSA) is 106 Å². The molecule has 2 heterocycles. The van der Waals surface area contributed by atoms with Crippen LogP contribution in [0.2, 0.25) is 0 Å². The van der Waals surface area contributed by atoms with Crippen LogP contribution in [0, 0.1) is 0 Å². The second kappa shape index (κ2) is 11.9. The summed E-state index contributed by atoms with van der Waals surface area (Å²) in [7, 11) is 3.07. The van der Waals surface area contributed by atoms with Crippen LogP contribution in [-0.2, 0) is 11.3 Å². The minimum Gasteiger partial charge on any atom is -0.493 e. The molecular formula is C28H27F3N4O6. The number of ether oxygens (including phenoxy) is 5. The Balaban J connectivity index is 1.28. The van der Waals surface area contributed by atoms with Gasteiger partial charge in [0.1, 0.15) is 11.5 Å². The van der Waals surface area contributed by atoms with Crippen molar-refractivity contribution in [3.05, 3.63) is 60.6 Å². The third-order valence-electron chi connectivity index (χ3n) is 6.08. The molecule has 10 nitrogen and oxygen atoms in total. The number of aromatic nitrogens is 3. The summed E-state index contributed by atoms with van der Waals surface area (Å²) in [6.07, 6.45) is 0.479. The molecule has 2 aromatic carbocycles. The van der Waals surface area contributed by atoms with Crippen molar-refractivity contribution in [2.45, 2.75) is 31.7 Å². The third kappa shape index (κ3) is 7.17. The molecule has 2 aromatic heterocycles. The van der Waals surface area contributed by atoms with E-state index in [4.69, 9.17) is 23.7 Å². The van der Waals surface area contributed by atoms with Crippen LogP contribution in [-0.4, -0.2) is 60.4 Å². The quantitative estimate of drug-likeness (QED) is 0.234. The van der Waals surface area contributed by atoms with Gasteiger partial charge in [-0.15, -0.1) is 0 Å². The van der Waals surface area contributed by atoms with Crippen LogP contribution in [0.25, 0.3) is 10.9 Å². The zero-order chi connectivity index (χ0) is 29.0. The van der Waals surface area contributed by atoms with Crippen LogP contribution < -0.4 is 24.3 Å². The molecule has 1 aliphatic rings. The highest BCUT2D eigenvalue weighted by molar-refractivity contribution is 6.04. The normalized spacial score (nSPS) is 13.2. The Morgan fingerprint density at radius 2 is 1.76 bits per heavy atom. The molecule has 5 rings (SSSR count). The SMILES string of the molecule is COc1cc2nccc(Oc3ccc(NC(=O)c4nn(CCOC5CC5)cc4OCC(F)(F)F)cc3)c2cc1OC. The fraction of sp³-hybridized carbons (Fsp3) is 0.321. The van der Waals surface area contributed by atoms with E-state index >= 15 is 0 Å². The molecule has 1 aliphatic carbocycles. The average molecular weight is 573 g/mol. The average Bonchev–Trinajstić information content (AvgIpc) is 3.69. The largest absolute Gasteiger partial charge is 0.493 e. The molecule has 1 N–H and O–H groups in total. The number of anilines is 1. The Bertz CT molecular complexity index is 1520. The van der Waals surface area contributed by atoms with Crippen molar-refractivity contribution in [2.24, 2.45) is 0 Å².